The van der Waals surface area contributed by atoms with Crippen LogP contribution in [0.5, 0.6) is 0 Å². The summed E-state index contributed by atoms with van der Waals surface area (Å²) >= 11 is 0. The highest BCUT2D eigenvalue weighted by Crippen LogP contribution is 2.41. The van der Waals surface area contributed by atoms with Gasteiger partial charge in [-0.15, -0.1) is 0 Å². The van der Waals surface area contributed by atoms with Gasteiger partial charge in [-0.3, -0.25) is 0 Å². The number of hydrogen-bond donors (Lipinski definition) is 0. The lowest BCUT2D eigenvalue weighted by Gasteiger charge is -2.27. The number of nitriles is 2. The molecule has 2 rings (SSSR count). The van der Waals surface area contributed by atoms with E-state index in [1.165, 1.54) is 0 Å². The van der Waals surface area contributed by atoms with Crippen LogP contribution < -0.4 is 0 Å². The van der Waals surface area contributed by atoms with Gasteiger partial charge in [-0.1, -0.05) is 79.7 Å². The summed E-state index contributed by atoms with van der Waals surface area (Å²) in [6, 6.07) is 24.4. The molecule has 0 saturated heterocycles. The number of nitrogens with zero attached hydrogens (tertiary/aromatic N) is 2. The molecule has 114 valence electrons. The van der Waals surface area contributed by atoms with Crippen LogP contribution in [0.2, 0.25) is 0 Å². The smallest absolute Gasteiger partial charge is 0.154 e. The number of hydrogen-bond acceptors (Lipinski definition) is 2. The van der Waals surface area contributed by atoms with Crippen molar-refractivity contribution in [3.05, 3.63) is 77.9 Å². The molecule has 0 N–H and O–H groups in total. The van der Waals surface area contributed by atoms with Crippen molar-refractivity contribution < 1.29 is 0 Å². The second-order valence-corrected chi connectivity index (χ2v) is 5.58. The molecule has 0 spiro atoms. The molecule has 2 aromatic carbocycles. The van der Waals surface area contributed by atoms with Crippen molar-refractivity contribution in [2.45, 2.75) is 25.7 Å². The lowest BCUT2D eigenvalue weighted by Crippen LogP contribution is -2.25. The Balaban J connectivity index is 2.27. The quantitative estimate of drug-likeness (QED) is 0.725. The molecule has 0 aromatic heterocycles. The summed E-state index contributed by atoms with van der Waals surface area (Å²) in [5, 5.41) is 19.5. The van der Waals surface area contributed by atoms with Crippen LogP contribution in [0.25, 0.3) is 6.08 Å². The van der Waals surface area contributed by atoms with Crippen LogP contribution in [0.3, 0.4) is 0 Å². The fraction of sp³-hybridized carbons (Fsp3) is 0.238. The third-order valence-electron chi connectivity index (χ3n) is 4.15. The minimum Gasteiger partial charge on any atom is -0.197 e. The Hall–Kier alpha value is -2.84. The second-order valence-electron chi connectivity index (χ2n) is 5.58. The summed E-state index contributed by atoms with van der Waals surface area (Å²) in [6.45, 7) is 2.03. The Bertz CT molecular complexity index is 704. The summed E-state index contributed by atoms with van der Waals surface area (Å²) in [6.07, 6.45) is 5.08. The van der Waals surface area contributed by atoms with Crippen LogP contribution in [0, 0.1) is 28.1 Å². The lowest BCUT2D eigenvalue weighted by atomic mass is 9.70. The summed E-state index contributed by atoms with van der Waals surface area (Å²) in [5.74, 6) is -0.0980. The van der Waals surface area contributed by atoms with Crippen molar-refractivity contribution in [1.29, 1.82) is 10.5 Å². The predicted octanol–water partition coefficient (Wildman–Crippen LogP) is 5.32. The van der Waals surface area contributed by atoms with Gasteiger partial charge >= 0.3 is 0 Å². The molecule has 0 amide bonds. The lowest BCUT2D eigenvalue weighted by molar-refractivity contribution is 0.403. The van der Waals surface area contributed by atoms with Crippen molar-refractivity contribution in [2.75, 3.05) is 0 Å². The Kier molecular flexibility index (Phi) is 5.73. The molecule has 0 fully saturated rings. The van der Waals surface area contributed by atoms with Crippen LogP contribution in [0.15, 0.2) is 66.7 Å². The first-order valence-corrected chi connectivity index (χ1v) is 7.85. The zero-order valence-corrected chi connectivity index (χ0v) is 13.3. The molecule has 0 radical (unpaired) electrons. The molecular formula is C21H20N2. The molecule has 0 heterocycles. The van der Waals surface area contributed by atoms with E-state index < -0.39 is 5.41 Å². The predicted molar refractivity (Wildman–Crippen MR) is 93.2 cm³/mol. The molecule has 2 heteroatoms. The monoisotopic (exact) mass is 300 g/mol. The molecule has 2 nitrogen and oxygen atoms in total. The third kappa shape index (κ3) is 3.87. The van der Waals surface area contributed by atoms with Crippen molar-refractivity contribution >= 4 is 6.08 Å². The highest BCUT2D eigenvalue weighted by molar-refractivity contribution is 5.49. The minimum atomic E-state index is -1.04. The van der Waals surface area contributed by atoms with E-state index in [1.54, 1.807) is 0 Å². The SMILES string of the molecule is CCC(c1ccccc1)C(C#N)(C#N)C/C=C/c1ccccc1. The molecule has 0 aliphatic rings. The Morgan fingerprint density at radius 3 is 2.04 bits per heavy atom. The molecular weight excluding hydrogens is 280 g/mol. The van der Waals surface area contributed by atoms with Crippen molar-refractivity contribution in [1.82, 2.24) is 0 Å². The molecule has 1 atom stereocenters. The number of allylic oxidation sites excluding steroid dienone is 1. The standard InChI is InChI=1S/C21H20N2/c1-2-20(19-13-7-4-8-14-19)21(16-22,17-23)15-9-12-18-10-5-3-6-11-18/h3-14,20H,2,15H2,1H3/b12-9+. The van der Waals surface area contributed by atoms with Gasteiger partial charge in [0.1, 0.15) is 0 Å². The summed E-state index contributed by atoms with van der Waals surface area (Å²) < 4.78 is 0. The molecule has 0 aliphatic heterocycles. The normalized spacial score (nSPS) is 12.5. The van der Waals surface area contributed by atoms with Gasteiger partial charge in [0.25, 0.3) is 0 Å². The van der Waals surface area contributed by atoms with E-state index in [0.29, 0.717) is 6.42 Å². The zero-order valence-electron chi connectivity index (χ0n) is 13.3. The fourth-order valence-electron chi connectivity index (χ4n) is 2.91. The third-order valence-corrected chi connectivity index (χ3v) is 4.15. The van der Waals surface area contributed by atoms with Crippen LogP contribution >= 0.6 is 0 Å². The van der Waals surface area contributed by atoms with Gasteiger partial charge in [0.05, 0.1) is 12.1 Å². The van der Waals surface area contributed by atoms with E-state index in [-0.39, 0.29) is 5.92 Å². The molecule has 2 aromatic rings. The molecule has 0 aliphatic carbocycles. The topological polar surface area (TPSA) is 47.6 Å². The van der Waals surface area contributed by atoms with Crippen LogP contribution in [0.4, 0.5) is 0 Å². The summed E-state index contributed by atoms with van der Waals surface area (Å²) in [4.78, 5) is 0. The van der Waals surface area contributed by atoms with Crippen LogP contribution in [-0.4, -0.2) is 0 Å². The number of benzene rings is 2. The van der Waals surface area contributed by atoms with Crippen molar-refractivity contribution in [3.8, 4) is 12.1 Å². The maximum atomic E-state index is 9.73. The average molecular weight is 300 g/mol. The van der Waals surface area contributed by atoms with E-state index >= 15 is 0 Å². The largest absolute Gasteiger partial charge is 0.197 e. The highest BCUT2D eigenvalue weighted by Gasteiger charge is 2.38. The fourth-order valence-corrected chi connectivity index (χ4v) is 2.91. The van der Waals surface area contributed by atoms with E-state index in [4.69, 9.17) is 0 Å². The average Bonchev–Trinajstić information content (AvgIpc) is 2.63. The Morgan fingerprint density at radius 2 is 1.52 bits per heavy atom. The molecule has 1 unspecified atom stereocenters. The van der Waals surface area contributed by atoms with E-state index in [0.717, 1.165) is 17.5 Å². The number of rotatable bonds is 6. The van der Waals surface area contributed by atoms with Gasteiger partial charge in [-0.2, -0.15) is 10.5 Å². The minimum absolute atomic E-state index is 0.0980. The van der Waals surface area contributed by atoms with Gasteiger partial charge in [-0.25, -0.2) is 0 Å². The maximum absolute atomic E-state index is 9.73. The van der Waals surface area contributed by atoms with Crippen molar-refractivity contribution in [2.24, 2.45) is 5.41 Å². The van der Waals surface area contributed by atoms with Gasteiger partial charge in [0, 0.05) is 5.92 Å². The van der Waals surface area contributed by atoms with E-state index in [9.17, 15) is 10.5 Å². The van der Waals surface area contributed by atoms with Crippen LogP contribution in [0.1, 0.15) is 36.8 Å². The molecule has 0 bridgehead atoms. The van der Waals surface area contributed by atoms with E-state index in [2.05, 4.69) is 12.1 Å². The first-order chi connectivity index (χ1) is 11.3. The first-order valence-electron chi connectivity index (χ1n) is 7.85. The highest BCUT2D eigenvalue weighted by atomic mass is 14.5. The first kappa shape index (κ1) is 16.5. The van der Waals surface area contributed by atoms with E-state index in [1.807, 2.05) is 79.7 Å². The van der Waals surface area contributed by atoms with Crippen LogP contribution in [-0.2, 0) is 0 Å². The van der Waals surface area contributed by atoms with Gasteiger partial charge in [0.15, 0.2) is 5.41 Å². The summed E-state index contributed by atoms with van der Waals surface area (Å²) in [7, 11) is 0. The zero-order chi connectivity index (χ0) is 16.5. The Labute approximate surface area is 138 Å². The summed E-state index contributed by atoms with van der Waals surface area (Å²) in [5.41, 5.74) is 1.08. The maximum Gasteiger partial charge on any atom is 0.154 e. The molecule has 0 saturated carbocycles. The van der Waals surface area contributed by atoms with Gasteiger partial charge < -0.3 is 0 Å². The Morgan fingerprint density at radius 1 is 0.957 bits per heavy atom. The van der Waals surface area contributed by atoms with Crippen molar-refractivity contribution in [3.63, 3.8) is 0 Å². The molecule has 23 heavy (non-hydrogen) atoms. The van der Waals surface area contributed by atoms with Gasteiger partial charge in [0.2, 0.25) is 0 Å². The second kappa shape index (κ2) is 7.97. The van der Waals surface area contributed by atoms with Gasteiger partial charge in [-0.05, 0) is 24.0 Å².